The van der Waals surface area contributed by atoms with Crippen molar-refractivity contribution in [2.24, 2.45) is 10.2 Å². The van der Waals surface area contributed by atoms with E-state index in [1.807, 2.05) is 67.6 Å². The van der Waals surface area contributed by atoms with Crippen LogP contribution in [0.15, 0.2) is 95.4 Å². The zero-order valence-electron chi connectivity index (χ0n) is 15.2. The Bertz CT molecular complexity index is 1120. The second-order valence-electron chi connectivity index (χ2n) is 6.14. The second-order valence-corrected chi connectivity index (χ2v) is 6.14. The van der Waals surface area contributed by atoms with E-state index < -0.39 is 0 Å². The van der Waals surface area contributed by atoms with Gasteiger partial charge in [-0.3, -0.25) is 9.78 Å². The largest absolute Gasteiger partial charge is 0.278 e. The fourth-order valence-electron chi connectivity index (χ4n) is 2.86. The molecular weight excluding hydrogens is 350 g/mol. The van der Waals surface area contributed by atoms with E-state index in [0.717, 1.165) is 11.3 Å². The topological polar surface area (TPSA) is 72.5 Å². The van der Waals surface area contributed by atoms with Crippen LogP contribution in [0.2, 0.25) is 0 Å². The molecule has 28 heavy (non-hydrogen) atoms. The first kappa shape index (κ1) is 17.5. The van der Waals surface area contributed by atoms with Crippen LogP contribution in [-0.4, -0.2) is 20.7 Å². The summed E-state index contributed by atoms with van der Waals surface area (Å²) in [6, 6.07) is 22.4. The highest BCUT2D eigenvalue weighted by Crippen LogP contribution is 2.35. The zero-order valence-corrected chi connectivity index (χ0v) is 15.2. The Labute approximate surface area is 162 Å². The Balaban J connectivity index is 1.86. The smallest absolute Gasteiger partial charge is 0.267 e. The van der Waals surface area contributed by atoms with Crippen LogP contribution in [-0.2, 0) is 0 Å². The molecule has 0 radical (unpaired) electrons. The highest BCUT2D eigenvalue weighted by molar-refractivity contribution is 5.99. The van der Waals surface area contributed by atoms with Gasteiger partial charge in [-0.1, -0.05) is 48.5 Å². The molecule has 0 aliphatic carbocycles. The Hall–Kier alpha value is -3.93. The van der Waals surface area contributed by atoms with E-state index in [4.69, 9.17) is 0 Å². The lowest BCUT2D eigenvalue weighted by Crippen LogP contribution is -2.15. The number of carbonyl (C=O) groups is 1. The predicted molar refractivity (Wildman–Crippen MR) is 107 cm³/mol. The van der Waals surface area contributed by atoms with Gasteiger partial charge in [0.2, 0.25) is 0 Å². The van der Waals surface area contributed by atoms with E-state index in [0.29, 0.717) is 22.6 Å². The molecule has 0 amide bonds. The lowest BCUT2D eigenvalue weighted by atomic mass is 10.1. The first-order valence-corrected chi connectivity index (χ1v) is 8.80. The van der Waals surface area contributed by atoms with Gasteiger partial charge in [-0.15, -0.1) is 5.11 Å². The molecule has 4 aromatic rings. The highest BCUT2D eigenvalue weighted by Gasteiger charge is 2.22. The minimum absolute atomic E-state index is 0.245. The van der Waals surface area contributed by atoms with E-state index in [2.05, 4.69) is 20.3 Å². The maximum Gasteiger partial charge on any atom is 0.278 e. The van der Waals surface area contributed by atoms with Gasteiger partial charge in [0, 0.05) is 23.5 Å². The number of aryl methyl sites for hydroxylation is 1. The van der Waals surface area contributed by atoms with Crippen LogP contribution in [0, 0.1) is 6.92 Å². The van der Waals surface area contributed by atoms with Gasteiger partial charge in [-0.2, -0.15) is 14.9 Å². The van der Waals surface area contributed by atoms with Gasteiger partial charge < -0.3 is 0 Å². The van der Waals surface area contributed by atoms with Crippen molar-refractivity contribution in [1.29, 1.82) is 0 Å². The van der Waals surface area contributed by atoms with Crippen LogP contribution in [0.4, 0.5) is 11.4 Å². The fraction of sp³-hybridized carbons (Fsp3) is 0.0455. The number of pyridine rings is 1. The minimum Gasteiger partial charge on any atom is -0.267 e. The predicted octanol–water partition coefficient (Wildman–Crippen LogP) is 5.36. The first-order chi connectivity index (χ1) is 13.7. The summed E-state index contributed by atoms with van der Waals surface area (Å²) in [5.41, 5.74) is 3.88. The van der Waals surface area contributed by atoms with Crippen LogP contribution < -0.4 is 0 Å². The van der Waals surface area contributed by atoms with Gasteiger partial charge in [0.25, 0.3) is 5.91 Å². The second kappa shape index (κ2) is 7.75. The summed E-state index contributed by atoms with van der Waals surface area (Å²) in [5, 5.41) is 13.2. The summed E-state index contributed by atoms with van der Waals surface area (Å²) in [6.45, 7) is 1.82. The monoisotopic (exact) mass is 367 g/mol. The van der Waals surface area contributed by atoms with Crippen LogP contribution in [0.25, 0.3) is 11.3 Å². The van der Waals surface area contributed by atoms with Gasteiger partial charge >= 0.3 is 0 Å². The summed E-state index contributed by atoms with van der Waals surface area (Å²) >= 11 is 0. The summed E-state index contributed by atoms with van der Waals surface area (Å²) in [4.78, 5) is 17.1. The maximum absolute atomic E-state index is 13.1. The molecular formula is C22H17N5O. The van der Waals surface area contributed by atoms with Crippen LogP contribution >= 0.6 is 0 Å². The SMILES string of the molecule is Cc1nn(C(=O)c2ccncc2)c(-c2ccccc2)c1N=Nc1ccccc1. The molecule has 2 heterocycles. The Kier molecular flexibility index (Phi) is 4.84. The average Bonchev–Trinajstić information content (AvgIpc) is 3.10. The third-order valence-corrected chi connectivity index (χ3v) is 4.22. The van der Waals surface area contributed by atoms with Gasteiger partial charge in [0.1, 0.15) is 11.4 Å². The van der Waals surface area contributed by atoms with Gasteiger partial charge in [-0.25, -0.2) is 0 Å². The quantitative estimate of drug-likeness (QED) is 0.456. The van der Waals surface area contributed by atoms with Crippen molar-refractivity contribution in [3.63, 3.8) is 0 Å². The van der Waals surface area contributed by atoms with E-state index in [1.54, 1.807) is 24.5 Å². The molecule has 6 nitrogen and oxygen atoms in total. The zero-order chi connectivity index (χ0) is 19.3. The molecule has 0 aliphatic rings. The van der Waals surface area contributed by atoms with Gasteiger partial charge in [0.05, 0.1) is 11.4 Å². The number of benzene rings is 2. The van der Waals surface area contributed by atoms with Crippen LogP contribution in [0.5, 0.6) is 0 Å². The lowest BCUT2D eigenvalue weighted by molar-refractivity contribution is 0.0946. The number of rotatable bonds is 4. The molecule has 0 saturated carbocycles. The first-order valence-electron chi connectivity index (χ1n) is 8.80. The lowest BCUT2D eigenvalue weighted by Gasteiger charge is -2.07. The minimum atomic E-state index is -0.245. The third-order valence-electron chi connectivity index (χ3n) is 4.22. The van der Waals surface area contributed by atoms with Crippen molar-refractivity contribution in [3.8, 4) is 11.3 Å². The average molecular weight is 367 g/mol. The standard InChI is InChI=1S/C22H17N5O/c1-16-20(25-24-19-10-6-3-7-11-19)21(17-8-4-2-5-9-17)27(26-16)22(28)18-12-14-23-15-13-18/h2-15H,1H3. The van der Waals surface area contributed by atoms with Crippen molar-refractivity contribution in [3.05, 3.63) is 96.4 Å². The molecule has 0 fully saturated rings. The third kappa shape index (κ3) is 3.48. The molecule has 2 aromatic heterocycles. The van der Waals surface area contributed by atoms with Gasteiger partial charge in [0.15, 0.2) is 0 Å². The molecule has 2 aromatic carbocycles. The van der Waals surface area contributed by atoms with Crippen molar-refractivity contribution >= 4 is 17.3 Å². The normalized spacial score (nSPS) is 11.0. The van der Waals surface area contributed by atoms with E-state index in [9.17, 15) is 4.79 Å². The highest BCUT2D eigenvalue weighted by atomic mass is 16.2. The van der Waals surface area contributed by atoms with E-state index in [1.165, 1.54) is 4.68 Å². The molecule has 4 rings (SSSR count). The molecule has 0 saturated heterocycles. The summed E-state index contributed by atoms with van der Waals surface area (Å²) in [6.07, 6.45) is 3.17. The Morgan fingerprint density at radius 1 is 0.857 bits per heavy atom. The number of azo groups is 1. The number of carbonyl (C=O) groups excluding carboxylic acids is 1. The maximum atomic E-state index is 13.1. The molecule has 0 N–H and O–H groups in total. The van der Waals surface area contributed by atoms with Crippen LogP contribution in [0.3, 0.4) is 0 Å². The van der Waals surface area contributed by atoms with Crippen molar-refractivity contribution < 1.29 is 4.79 Å². The number of nitrogens with zero attached hydrogens (tertiary/aromatic N) is 5. The van der Waals surface area contributed by atoms with Crippen LogP contribution in [0.1, 0.15) is 16.1 Å². The number of aromatic nitrogens is 3. The Morgan fingerprint density at radius 3 is 2.18 bits per heavy atom. The molecule has 6 heteroatoms. The molecule has 0 aliphatic heterocycles. The summed E-state index contributed by atoms with van der Waals surface area (Å²) in [7, 11) is 0. The summed E-state index contributed by atoms with van der Waals surface area (Å²) < 4.78 is 1.39. The molecule has 0 bridgehead atoms. The Morgan fingerprint density at radius 2 is 1.50 bits per heavy atom. The molecule has 0 atom stereocenters. The fourth-order valence-corrected chi connectivity index (χ4v) is 2.86. The molecule has 0 spiro atoms. The van der Waals surface area contributed by atoms with Crippen molar-refractivity contribution in [1.82, 2.24) is 14.8 Å². The number of hydrogen-bond acceptors (Lipinski definition) is 5. The van der Waals surface area contributed by atoms with E-state index >= 15 is 0 Å². The molecule has 0 unspecified atom stereocenters. The van der Waals surface area contributed by atoms with Crippen molar-refractivity contribution in [2.45, 2.75) is 6.92 Å². The van der Waals surface area contributed by atoms with Crippen molar-refractivity contribution in [2.75, 3.05) is 0 Å². The summed E-state index contributed by atoms with van der Waals surface area (Å²) in [5.74, 6) is -0.245. The van der Waals surface area contributed by atoms with Gasteiger partial charge in [-0.05, 0) is 31.2 Å². The molecule has 136 valence electrons. The van der Waals surface area contributed by atoms with E-state index in [-0.39, 0.29) is 5.91 Å². The number of hydrogen-bond donors (Lipinski definition) is 0.